The summed E-state index contributed by atoms with van der Waals surface area (Å²) >= 11 is 0. The van der Waals surface area contributed by atoms with Crippen LogP contribution in [0.25, 0.3) is 0 Å². The van der Waals surface area contributed by atoms with Crippen LogP contribution in [0, 0.1) is 0 Å². The van der Waals surface area contributed by atoms with E-state index in [1.54, 1.807) is 42.7 Å². The van der Waals surface area contributed by atoms with Crippen LogP contribution >= 0.6 is 0 Å². The van der Waals surface area contributed by atoms with Crippen LogP contribution in [0.1, 0.15) is 5.76 Å². The van der Waals surface area contributed by atoms with Crippen molar-refractivity contribution < 1.29 is 23.5 Å². The molecule has 7 heteroatoms. The fourth-order valence-electron chi connectivity index (χ4n) is 1.60. The summed E-state index contributed by atoms with van der Waals surface area (Å²) in [6.45, 7) is 0.210. The zero-order chi connectivity index (χ0) is 15.8. The Balaban J connectivity index is 1.74. The highest BCUT2D eigenvalue weighted by molar-refractivity contribution is 5.84. The number of methoxy groups -OCH3 is 1. The molecule has 0 bridgehead atoms. The van der Waals surface area contributed by atoms with Crippen LogP contribution in [0.2, 0.25) is 0 Å². The predicted octanol–water partition coefficient (Wildman–Crippen LogP) is 2.15. The van der Waals surface area contributed by atoms with E-state index in [0.717, 1.165) is 0 Å². The molecule has 0 atom stereocenters. The molecular formula is C15H16N2O5. The van der Waals surface area contributed by atoms with E-state index >= 15 is 0 Å². The van der Waals surface area contributed by atoms with Gasteiger partial charge in [-0.2, -0.15) is 0 Å². The minimum absolute atomic E-state index is 0.107. The summed E-state index contributed by atoms with van der Waals surface area (Å²) < 4.78 is 14.9. The van der Waals surface area contributed by atoms with Crippen molar-refractivity contribution in [2.45, 2.75) is 6.54 Å². The first kappa shape index (κ1) is 15.4. The molecule has 0 radical (unpaired) electrons. The maximum Gasteiger partial charge on any atom is 0.411 e. The smallest absolute Gasteiger partial charge is 0.411 e. The van der Waals surface area contributed by atoms with Crippen LogP contribution in [0.3, 0.4) is 0 Å². The number of hydrogen-bond acceptors (Lipinski definition) is 5. The molecule has 0 spiro atoms. The molecule has 116 valence electrons. The zero-order valence-electron chi connectivity index (χ0n) is 12.0. The van der Waals surface area contributed by atoms with E-state index in [1.807, 2.05) is 0 Å². The Morgan fingerprint density at radius 2 is 1.95 bits per heavy atom. The summed E-state index contributed by atoms with van der Waals surface area (Å²) in [5, 5.41) is 5.18. The van der Waals surface area contributed by atoms with Gasteiger partial charge in [-0.1, -0.05) is 0 Å². The van der Waals surface area contributed by atoms with Crippen molar-refractivity contribution in [1.82, 2.24) is 5.32 Å². The minimum atomic E-state index is -0.550. The van der Waals surface area contributed by atoms with Crippen molar-refractivity contribution in [1.29, 1.82) is 0 Å². The highest BCUT2D eigenvalue weighted by Gasteiger charge is 2.05. The zero-order valence-corrected chi connectivity index (χ0v) is 12.0. The average Bonchev–Trinajstić information content (AvgIpc) is 3.05. The highest BCUT2D eigenvalue weighted by Crippen LogP contribution is 2.15. The van der Waals surface area contributed by atoms with Gasteiger partial charge in [0, 0.05) is 5.69 Å². The number of furan rings is 1. The van der Waals surface area contributed by atoms with E-state index in [-0.39, 0.29) is 12.5 Å². The summed E-state index contributed by atoms with van der Waals surface area (Å²) in [6.07, 6.45) is 0.994. The lowest BCUT2D eigenvalue weighted by Crippen LogP contribution is -2.28. The van der Waals surface area contributed by atoms with E-state index in [2.05, 4.69) is 15.4 Å². The van der Waals surface area contributed by atoms with Crippen LogP contribution in [-0.4, -0.2) is 25.7 Å². The van der Waals surface area contributed by atoms with Gasteiger partial charge < -0.3 is 19.2 Å². The van der Waals surface area contributed by atoms with Crippen molar-refractivity contribution in [3.05, 3.63) is 48.4 Å². The molecule has 2 amide bonds. The van der Waals surface area contributed by atoms with Gasteiger partial charge >= 0.3 is 6.09 Å². The van der Waals surface area contributed by atoms with E-state index in [0.29, 0.717) is 23.7 Å². The van der Waals surface area contributed by atoms with Crippen molar-refractivity contribution in [3.63, 3.8) is 0 Å². The van der Waals surface area contributed by atoms with E-state index in [1.165, 1.54) is 7.11 Å². The van der Waals surface area contributed by atoms with Crippen molar-refractivity contribution in [2.75, 3.05) is 19.0 Å². The van der Waals surface area contributed by atoms with Crippen LogP contribution in [0.4, 0.5) is 10.5 Å². The Morgan fingerprint density at radius 3 is 2.59 bits per heavy atom. The van der Waals surface area contributed by atoms with Crippen LogP contribution in [0.15, 0.2) is 47.1 Å². The summed E-state index contributed by atoms with van der Waals surface area (Å²) in [5.41, 5.74) is 0.571. The fraction of sp³-hybridized carbons (Fsp3) is 0.200. The number of amides is 2. The number of anilines is 1. The predicted molar refractivity (Wildman–Crippen MR) is 78.5 cm³/mol. The van der Waals surface area contributed by atoms with Crippen LogP contribution in [0.5, 0.6) is 5.75 Å². The molecule has 1 aromatic carbocycles. The van der Waals surface area contributed by atoms with Gasteiger partial charge in [0.05, 0.1) is 19.9 Å². The molecule has 0 aliphatic carbocycles. The molecule has 0 unspecified atom stereocenters. The second kappa shape index (κ2) is 7.72. The number of nitrogens with one attached hydrogen (secondary N) is 2. The third-order valence-corrected chi connectivity index (χ3v) is 2.70. The number of hydrogen-bond donors (Lipinski definition) is 2. The van der Waals surface area contributed by atoms with Crippen molar-refractivity contribution in [3.8, 4) is 5.75 Å². The lowest BCUT2D eigenvalue weighted by atomic mass is 10.3. The topological polar surface area (TPSA) is 89.8 Å². The van der Waals surface area contributed by atoms with Crippen molar-refractivity contribution >= 4 is 17.7 Å². The van der Waals surface area contributed by atoms with Gasteiger partial charge in [-0.25, -0.2) is 4.79 Å². The van der Waals surface area contributed by atoms with E-state index in [9.17, 15) is 9.59 Å². The normalized spacial score (nSPS) is 9.86. The lowest BCUT2D eigenvalue weighted by Gasteiger charge is -2.08. The minimum Gasteiger partial charge on any atom is -0.484 e. The first-order valence-corrected chi connectivity index (χ1v) is 6.54. The van der Waals surface area contributed by atoms with Crippen LogP contribution in [-0.2, 0) is 16.1 Å². The Hall–Kier alpha value is -2.96. The molecule has 0 aliphatic heterocycles. The Bertz CT molecular complexity index is 607. The molecule has 1 heterocycles. The molecule has 0 saturated heterocycles. The quantitative estimate of drug-likeness (QED) is 0.853. The molecule has 2 rings (SSSR count). The standard InChI is InChI=1S/C15H16N2O5/c1-20-15(19)17-11-4-6-12(7-5-11)22-10-14(18)16-9-13-3-2-8-21-13/h2-8H,9-10H2,1H3,(H,16,18)(H,17,19). The van der Waals surface area contributed by atoms with Gasteiger partial charge in [-0.3, -0.25) is 10.1 Å². The highest BCUT2D eigenvalue weighted by atomic mass is 16.5. The molecule has 0 fully saturated rings. The molecule has 2 N–H and O–H groups in total. The number of benzene rings is 1. The molecular weight excluding hydrogens is 288 g/mol. The van der Waals surface area contributed by atoms with Gasteiger partial charge in [-0.05, 0) is 36.4 Å². The molecule has 2 aromatic rings. The molecule has 1 aromatic heterocycles. The lowest BCUT2D eigenvalue weighted by molar-refractivity contribution is -0.123. The molecule has 22 heavy (non-hydrogen) atoms. The van der Waals surface area contributed by atoms with Gasteiger partial charge in [0.15, 0.2) is 6.61 Å². The molecule has 0 aliphatic rings. The van der Waals surface area contributed by atoms with Gasteiger partial charge in [0.2, 0.25) is 0 Å². The number of rotatable bonds is 6. The Morgan fingerprint density at radius 1 is 1.18 bits per heavy atom. The summed E-state index contributed by atoms with van der Waals surface area (Å²) in [7, 11) is 1.29. The molecule has 7 nitrogen and oxygen atoms in total. The maximum atomic E-state index is 11.6. The average molecular weight is 304 g/mol. The monoisotopic (exact) mass is 304 g/mol. The summed E-state index contributed by atoms with van der Waals surface area (Å²) in [6, 6.07) is 10.1. The third-order valence-electron chi connectivity index (χ3n) is 2.70. The van der Waals surface area contributed by atoms with E-state index in [4.69, 9.17) is 9.15 Å². The Labute approximate surface area is 127 Å². The van der Waals surface area contributed by atoms with Gasteiger partial charge in [0.1, 0.15) is 11.5 Å². The number of carbonyl (C=O) groups is 2. The van der Waals surface area contributed by atoms with E-state index < -0.39 is 6.09 Å². The van der Waals surface area contributed by atoms with Crippen molar-refractivity contribution in [2.24, 2.45) is 0 Å². The number of ether oxygens (including phenoxy) is 2. The SMILES string of the molecule is COC(=O)Nc1ccc(OCC(=O)NCc2ccco2)cc1. The third kappa shape index (κ3) is 4.86. The summed E-state index contributed by atoms with van der Waals surface area (Å²) in [5.74, 6) is 0.934. The van der Waals surface area contributed by atoms with Crippen LogP contribution < -0.4 is 15.4 Å². The summed E-state index contributed by atoms with van der Waals surface area (Å²) in [4.78, 5) is 22.6. The fourth-order valence-corrected chi connectivity index (χ4v) is 1.60. The maximum absolute atomic E-state index is 11.6. The second-order valence-electron chi connectivity index (χ2n) is 4.29. The Kier molecular flexibility index (Phi) is 5.42. The first-order chi connectivity index (χ1) is 10.7. The van der Waals surface area contributed by atoms with Gasteiger partial charge in [0.25, 0.3) is 5.91 Å². The largest absolute Gasteiger partial charge is 0.484 e. The van der Waals surface area contributed by atoms with Gasteiger partial charge in [-0.15, -0.1) is 0 Å². The first-order valence-electron chi connectivity index (χ1n) is 6.54. The molecule has 0 saturated carbocycles. The second-order valence-corrected chi connectivity index (χ2v) is 4.29. The number of carbonyl (C=O) groups excluding carboxylic acids is 2.